The van der Waals surface area contributed by atoms with Gasteiger partial charge >= 0.3 is 6.18 Å². The van der Waals surface area contributed by atoms with E-state index in [-0.39, 0.29) is 5.75 Å². The van der Waals surface area contributed by atoms with E-state index < -0.39 is 28.2 Å². The van der Waals surface area contributed by atoms with E-state index in [1.165, 1.54) is 12.1 Å². The Balaban J connectivity index is 3.11. The largest absolute Gasteiger partial charge is 0.480 e. The molecule has 1 atom stereocenters. The third kappa shape index (κ3) is 6.08. The van der Waals surface area contributed by atoms with E-state index in [1.54, 1.807) is 0 Å². The number of alkyl halides is 3. The zero-order valence-corrected chi connectivity index (χ0v) is 15.7. The van der Waals surface area contributed by atoms with Gasteiger partial charge in [-0.25, -0.2) is 0 Å². The molecule has 0 fully saturated rings. The summed E-state index contributed by atoms with van der Waals surface area (Å²) in [5, 5.41) is 0. The lowest BCUT2D eigenvalue weighted by Gasteiger charge is -2.21. The molecule has 124 valence electrons. The molecule has 0 aliphatic rings. The molecule has 1 unspecified atom stereocenters. The van der Waals surface area contributed by atoms with Crippen molar-refractivity contribution in [3.05, 3.63) is 32.1 Å². The minimum atomic E-state index is -4.96. The van der Waals surface area contributed by atoms with Gasteiger partial charge in [-0.3, -0.25) is 4.55 Å². The maximum atomic E-state index is 12.8. The fourth-order valence-electron chi connectivity index (χ4n) is 1.35. The van der Waals surface area contributed by atoms with Crippen molar-refractivity contribution in [1.29, 1.82) is 0 Å². The van der Waals surface area contributed by atoms with Crippen molar-refractivity contribution in [2.24, 2.45) is 0 Å². The summed E-state index contributed by atoms with van der Waals surface area (Å²) >= 11 is 3.65. The zero-order valence-electron chi connectivity index (χ0n) is 10.6. The van der Waals surface area contributed by atoms with Crippen LogP contribution in [0.1, 0.15) is 0 Å². The van der Waals surface area contributed by atoms with Crippen molar-refractivity contribution < 1.29 is 35.6 Å². The Morgan fingerprint density at radius 3 is 2.18 bits per heavy atom. The van der Waals surface area contributed by atoms with Gasteiger partial charge in [-0.15, -0.1) is 0 Å². The molecule has 0 amide bonds. The third-order valence-corrected chi connectivity index (χ3v) is 4.50. The summed E-state index contributed by atoms with van der Waals surface area (Å²) in [7, 11) is -4.85. The quantitative estimate of drug-likeness (QED) is 0.325. The Kier molecular flexibility index (Phi) is 6.76. The molecule has 0 aromatic heterocycles. The molecule has 11 heteroatoms. The molecule has 0 aliphatic heterocycles. The van der Waals surface area contributed by atoms with Gasteiger partial charge in [0.1, 0.15) is 11.5 Å². The first-order valence-electron chi connectivity index (χ1n) is 5.39. The molecule has 1 rings (SSSR count). The molecule has 0 spiro atoms. The average molecular weight is 564 g/mol. The van der Waals surface area contributed by atoms with Crippen LogP contribution in [0, 0.1) is 7.14 Å². The number of halogens is 5. The summed E-state index contributed by atoms with van der Waals surface area (Å²) in [6.45, 7) is 3.38. The maximum Gasteiger partial charge on any atom is 0.426 e. The second-order valence-corrected chi connectivity index (χ2v) is 7.72. The summed E-state index contributed by atoms with van der Waals surface area (Å²) in [4.78, 5) is 0. The summed E-state index contributed by atoms with van der Waals surface area (Å²) in [6, 6.07) is 2.51. The van der Waals surface area contributed by atoms with Crippen molar-refractivity contribution in [1.82, 2.24) is 0 Å². The van der Waals surface area contributed by atoms with Crippen LogP contribution in [-0.4, -0.2) is 31.0 Å². The van der Waals surface area contributed by atoms with Crippen molar-refractivity contribution in [2.45, 2.75) is 12.3 Å². The van der Waals surface area contributed by atoms with Crippen LogP contribution in [0.25, 0.3) is 0 Å². The van der Waals surface area contributed by atoms with Gasteiger partial charge in [0, 0.05) is 0 Å². The first kappa shape index (κ1) is 19.8. The first-order valence-corrected chi connectivity index (χ1v) is 9.16. The van der Waals surface area contributed by atoms with E-state index >= 15 is 0 Å². The minimum absolute atomic E-state index is 0.198. The summed E-state index contributed by atoms with van der Waals surface area (Å²) in [5.74, 6) is -1.40. The molecule has 0 bridgehead atoms. The third-order valence-electron chi connectivity index (χ3n) is 2.18. The molecule has 0 saturated carbocycles. The molecular weight excluding hydrogens is 555 g/mol. The summed E-state index contributed by atoms with van der Waals surface area (Å²) < 4.78 is 79.1. The fourth-order valence-corrected chi connectivity index (χ4v) is 3.96. The predicted molar refractivity (Wildman–Crippen MR) is 89.6 cm³/mol. The molecular formula is C11H9F3I2O5S. The van der Waals surface area contributed by atoms with E-state index in [0.29, 0.717) is 12.9 Å². The van der Waals surface area contributed by atoms with E-state index in [1.807, 2.05) is 45.2 Å². The zero-order chi connectivity index (χ0) is 17.1. The van der Waals surface area contributed by atoms with Crippen molar-refractivity contribution >= 4 is 55.3 Å². The number of benzene rings is 1. The van der Waals surface area contributed by atoms with Crippen LogP contribution in [0.15, 0.2) is 25.0 Å². The normalized spacial score (nSPS) is 13.5. The minimum Gasteiger partial charge on any atom is -0.480 e. The van der Waals surface area contributed by atoms with Gasteiger partial charge in [0.15, 0.2) is 5.75 Å². The molecule has 22 heavy (non-hydrogen) atoms. The van der Waals surface area contributed by atoms with Crippen LogP contribution < -0.4 is 9.47 Å². The van der Waals surface area contributed by atoms with Gasteiger partial charge in [0.05, 0.1) is 13.4 Å². The Labute approximate surface area is 151 Å². The molecule has 5 nitrogen and oxygen atoms in total. The summed E-state index contributed by atoms with van der Waals surface area (Å²) in [6.07, 6.45) is -6.47. The van der Waals surface area contributed by atoms with Crippen molar-refractivity contribution in [2.75, 3.05) is 5.75 Å². The highest BCUT2D eigenvalue weighted by Gasteiger charge is 2.44. The lowest BCUT2D eigenvalue weighted by molar-refractivity contribution is -0.188. The summed E-state index contributed by atoms with van der Waals surface area (Å²) in [5.41, 5.74) is 0. The maximum absolute atomic E-state index is 12.8. The van der Waals surface area contributed by atoms with E-state index in [2.05, 4.69) is 6.58 Å². The lowest BCUT2D eigenvalue weighted by Crippen LogP contribution is -2.40. The van der Waals surface area contributed by atoms with Gasteiger partial charge in [-0.2, -0.15) is 21.6 Å². The fraction of sp³-hybridized carbons (Fsp3) is 0.273. The molecule has 0 saturated heterocycles. The van der Waals surface area contributed by atoms with Crippen LogP contribution in [0.2, 0.25) is 0 Å². The smallest absolute Gasteiger partial charge is 0.426 e. The molecule has 1 aromatic carbocycles. The number of ether oxygens (including phenoxy) is 2. The Bertz CT molecular complexity index is 637. The Morgan fingerprint density at radius 2 is 1.82 bits per heavy atom. The number of rotatable bonds is 6. The highest BCUT2D eigenvalue weighted by Crippen LogP contribution is 2.34. The van der Waals surface area contributed by atoms with Gasteiger partial charge in [-0.05, 0) is 57.3 Å². The van der Waals surface area contributed by atoms with Gasteiger partial charge in [0.2, 0.25) is 6.10 Å². The number of hydrogen-bond donors (Lipinski definition) is 1. The van der Waals surface area contributed by atoms with E-state index in [0.717, 1.165) is 6.26 Å². The van der Waals surface area contributed by atoms with Gasteiger partial charge < -0.3 is 9.47 Å². The predicted octanol–water partition coefficient (Wildman–Crippen LogP) is 3.62. The van der Waals surface area contributed by atoms with Crippen LogP contribution in [0.5, 0.6) is 11.5 Å². The second-order valence-electron chi connectivity index (χ2n) is 3.90. The van der Waals surface area contributed by atoms with Crippen LogP contribution in [0.4, 0.5) is 13.2 Å². The van der Waals surface area contributed by atoms with Crippen LogP contribution in [0.3, 0.4) is 0 Å². The van der Waals surface area contributed by atoms with E-state index in [9.17, 15) is 21.6 Å². The molecule has 1 N–H and O–H groups in total. The van der Waals surface area contributed by atoms with Gasteiger partial charge in [0.25, 0.3) is 10.1 Å². The van der Waals surface area contributed by atoms with Crippen molar-refractivity contribution in [3.8, 4) is 11.5 Å². The molecule has 1 aromatic rings. The van der Waals surface area contributed by atoms with Crippen molar-refractivity contribution in [3.63, 3.8) is 0 Å². The lowest BCUT2D eigenvalue weighted by atomic mass is 10.3. The molecule has 0 heterocycles. The molecule has 0 radical (unpaired) electrons. The second kappa shape index (κ2) is 7.53. The first-order chi connectivity index (χ1) is 9.94. The SMILES string of the molecule is C=COc1c(I)cc(OC(CS(=O)(=O)O)C(F)(F)F)cc1I. The monoisotopic (exact) mass is 564 g/mol. The highest BCUT2D eigenvalue weighted by molar-refractivity contribution is 14.1. The average Bonchev–Trinajstić information content (AvgIpc) is 2.30. The van der Waals surface area contributed by atoms with E-state index in [4.69, 9.17) is 14.0 Å². The number of hydrogen-bond acceptors (Lipinski definition) is 4. The molecule has 0 aliphatic carbocycles. The topological polar surface area (TPSA) is 72.8 Å². The Hall–Kier alpha value is -0.280. The highest BCUT2D eigenvalue weighted by atomic mass is 127. The van der Waals surface area contributed by atoms with Crippen LogP contribution >= 0.6 is 45.2 Å². The Morgan fingerprint density at radius 1 is 1.32 bits per heavy atom. The van der Waals surface area contributed by atoms with Crippen LogP contribution in [-0.2, 0) is 10.1 Å². The standard InChI is InChI=1S/C11H9F3I2O5S/c1-2-20-10-7(15)3-6(4-8(10)16)21-9(11(12,13)14)5-22(17,18)19/h2-4,9H,1,5H2,(H,17,18,19). The van der Waals surface area contributed by atoms with Gasteiger partial charge in [-0.1, -0.05) is 6.58 Å².